The SMILES string of the molecule is COc1ccc(S(=O)(=O)N2CCCCC2)cc1NC(=O)CN(c1cc(C)cc(C)c1)S(=O)(=O)c1ccc(C)cc1. The molecule has 1 aliphatic rings. The molecule has 0 bridgehead atoms. The minimum atomic E-state index is -4.11. The summed E-state index contributed by atoms with van der Waals surface area (Å²) in [6.45, 7) is 5.91. The van der Waals surface area contributed by atoms with E-state index in [0.717, 1.165) is 40.3 Å². The van der Waals surface area contributed by atoms with Gasteiger partial charge in [0.2, 0.25) is 15.9 Å². The van der Waals surface area contributed by atoms with Gasteiger partial charge >= 0.3 is 0 Å². The lowest BCUT2D eigenvalue weighted by Gasteiger charge is -2.26. The van der Waals surface area contributed by atoms with Crippen molar-refractivity contribution in [1.82, 2.24) is 4.31 Å². The lowest BCUT2D eigenvalue weighted by Crippen LogP contribution is -2.38. The molecule has 214 valence electrons. The zero-order valence-corrected chi connectivity index (χ0v) is 24.8. The molecule has 3 aromatic rings. The number of carbonyl (C=O) groups excluding carboxylic acids is 1. The van der Waals surface area contributed by atoms with E-state index in [9.17, 15) is 21.6 Å². The monoisotopic (exact) mass is 585 g/mol. The molecule has 0 radical (unpaired) electrons. The molecule has 1 amide bonds. The van der Waals surface area contributed by atoms with Crippen LogP contribution < -0.4 is 14.4 Å². The Morgan fingerprint density at radius 1 is 0.825 bits per heavy atom. The van der Waals surface area contributed by atoms with Crippen molar-refractivity contribution in [3.63, 3.8) is 0 Å². The number of nitrogens with zero attached hydrogens (tertiary/aromatic N) is 2. The van der Waals surface area contributed by atoms with Crippen LogP contribution in [-0.2, 0) is 24.8 Å². The molecule has 0 aliphatic carbocycles. The van der Waals surface area contributed by atoms with E-state index in [0.29, 0.717) is 18.8 Å². The summed E-state index contributed by atoms with van der Waals surface area (Å²) in [5.74, 6) is -0.397. The summed E-state index contributed by atoms with van der Waals surface area (Å²) in [5, 5.41) is 2.69. The fourth-order valence-corrected chi connectivity index (χ4v) is 7.72. The fourth-order valence-electron chi connectivity index (χ4n) is 4.77. The maximum absolute atomic E-state index is 13.8. The molecule has 1 aliphatic heterocycles. The minimum absolute atomic E-state index is 0.0314. The third-order valence-electron chi connectivity index (χ3n) is 6.79. The predicted octanol–water partition coefficient (Wildman–Crippen LogP) is 4.63. The van der Waals surface area contributed by atoms with Crippen LogP contribution in [-0.4, -0.2) is 53.8 Å². The van der Waals surface area contributed by atoms with Crippen LogP contribution in [0.1, 0.15) is 36.0 Å². The molecule has 1 N–H and O–H groups in total. The highest BCUT2D eigenvalue weighted by molar-refractivity contribution is 7.92. The first-order valence-electron chi connectivity index (χ1n) is 13.1. The Labute approximate surface area is 236 Å². The van der Waals surface area contributed by atoms with Gasteiger partial charge in [-0.05, 0) is 87.2 Å². The molecule has 1 fully saturated rings. The van der Waals surface area contributed by atoms with Crippen molar-refractivity contribution in [2.45, 2.75) is 49.8 Å². The highest BCUT2D eigenvalue weighted by Gasteiger charge is 2.29. The Morgan fingerprint density at radius 2 is 1.43 bits per heavy atom. The second-order valence-corrected chi connectivity index (χ2v) is 13.8. The number of aryl methyl sites for hydroxylation is 3. The van der Waals surface area contributed by atoms with Gasteiger partial charge in [-0.3, -0.25) is 9.10 Å². The maximum Gasteiger partial charge on any atom is 0.264 e. The van der Waals surface area contributed by atoms with Crippen LogP contribution in [0.15, 0.2) is 70.5 Å². The number of sulfonamides is 2. The summed E-state index contributed by atoms with van der Waals surface area (Å²) in [5.41, 5.74) is 3.08. The van der Waals surface area contributed by atoms with Crippen molar-refractivity contribution in [1.29, 1.82) is 0 Å². The summed E-state index contributed by atoms with van der Waals surface area (Å²) < 4.78 is 61.9. The van der Waals surface area contributed by atoms with Crippen LogP contribution >= 0.6 is 0 Å². The minimum Gasteiger partial charge on any atom is -0.495 e. The molecular formula is C29H35N3O6S2. The summed E-state index contributed by atoms with van der Waals surface area (Å²) in [6.07, 6.45) is 2.57. The molecule has 0 spiro atoms. The Hall–Kier alpha value is -3.41. The van der Waals surface area contributed by atoms with Crippen LogP contribution in [0.25, 0.3) is 0 Å². The molecule has 40 heavy (non-hydrogen) atoms. The van der Waals surface area contributed by atoms with E-state index in [1.54, 1.807) is 24.3 Å². The molecule has 3 aromatic carbocycles. The van der Waals surface area contributed by atoms with Crippen LogP contribution in [0, 0.1) is 20.8 Å². The van der Waals surface area contributed by atoms with Gasteiger partial charge in [0, 0.05) is 13.1 Å². The van der Waals surface area contributed by atoms with Crippen molar-refractivity contribution >= 4 is 37.3 Å². The van der Waals surface area contributed by atoms with E-state index in [1.165, 1.54) is 41.7 Å². The number of benzene rings is 3. The summed E-state index contributed by atoms with van der Waals surface area (Å²) in [6, 6.07) is 16.0. The molecule has 0 saturated carbocycles. The molecule has 11 heteroatoms. The van der Waals surface area contributed by atoms with Gasteiger partial charge in [0.15, 0.2) is 0 Å². The second kappa shape index (κ2) is 12.0. The van der Waals surface area contributed by atoms with E-state index < -0.39 is 32.5 Å². The Bertz CT molecular complexity index is 1580. The second-order valence-electron chi connectivity index (χ2n) is 10.0. The Balaban J connectivity index is 1.68. The lowest BCUT2D eigenvalue weighted by atomic mass is 10.1. The molecule has 0 atom stereocenters. The van der Waals surface area contributed by atoms with E-state index in [-0.39, 0.29) is 21.2 Å². The smallest absolute Gasteiger partial charge is 0.264 e. The van der Waals surface area contributed by atoms with Crippen LogP contribution in [0.5, 0.6) is 5.75 Å². The van der Waals surface area contributed by atoms with Gasteiger partial charge in [0.1, 0.15) is 12.3 Å². The zero-order valence-electron chi connectivity index (χ0n) is 23.2. The van der Waals surface area contributed by atoms with Gasteiger partial charge in [-0.2, -0.15) is 4.31 Å². The largest absolute Gasteiger partial charge is 0.495 e. The number of carbonyl (C=O) groups is 1. The quantitative estimate of drug-likeness (QED) is 0.392. The van der Waals surface area contributed by atoms with Crippen molar-refractivity contribution in [3.05, 3.63) is 77.4 Å². The average Bonchev–Trinajstić information content (AvgIpc) is 2.91. The molecule has 0 aromatic heterocycles. The predicted molar refractivity (Wildman–Crippen MR) is 156 cm³/mol. The molecule has 4 rings (SSSR count). The fraction of sp³-hybridized carbons (Fsp3) is 0.345. The summed E-state index contributed by atoms with van der Waals surface area (Å²) in [4.78, 5) is 13.5. The first-order valence-corrected chi connectivity index (χ1v) is 16.0. The van der Waals surface area contributed by atoms with Crippen molar-refractivity contribution in [3.8, 4) is 5.75 Å². The number of hydrogen-bond donors (Lipinski definition) is 1. The number of hydrogen-bond acceptors (Lipinski definition) is 6. The number of rotatable bonds is 9. The van der Waals surface area contributed by atoms with E-state index in [4.69, 9.17) is 4.74 Å². The van der Waals surface area contributed by atoms with Crippen LogP contribution in [0.4, 0.5) is 11.4 Å². The first kappa shape index (κ1) is 29.6. The number of amides is 1. The maximum atomic E-state index is 13.8. The van der Waals surface area contributed by atoms with E-state index in [1.807, 2.05) is 26.8 Å². The highest BCUT2D eigenvalue weighted by atomic mass is 32.2. The van der Waals surface area contributed by atoms with E-state index in [2.05, 4.69) is 5.32 Å². The number of ether oxygens (including phenoxy) is 1. The Morgan fingerprint density at radius 3 is 2.02 bits per heavy atom. The number of methoxy groups -OCH3 is 1. The van der Waals surface area contributed by atoms with Gasteiger partial charge in [0.05, 0.1) is 28.3 Å². The lowest BCUT2D eigenvalue weighted by molar-refractivity contribution is -0.114. The molecule has 1 saturated heterocycles. The first-order chi connectivity index (χ1) is 18.9. The van der Waals surface area contributed by atoms with Gasteiger partial charge in [-0.15, -0.1) is 0 Å². The third kappa shape index (κ3) is 6.48. The van der Waals surface area contributed by atoms with Crippen LogP contribution in [0.3, 0.4) is 0 Å². The van der Waals surface area contributed by atoms with E-state index >= 15 is 0 Å². The number of anilines is 2. The molecule has 9 nitrogen and oxygen atoms in total. The average molecular weight is 586 g/mol. The van der Waals surface area contributed by atoms with Gasteiger partial charge in [-0.1, -0.05) is 30.2 Å². The number of piperidine rings is 1. The third-order valence-corrected chi connectivity index (χ3v) is 10.5. The van der Waals surface area contributed by atoms with Gasteiger partial charge in [-0.25, -0.2) is 16.8 Å². The number of nitrogens with one attached hydrogen (secondary N) is 1. The Kier molecular flexibility index (Phi) is 8.86. The van der Waals surface area contributed by atoms with Crippen LogP contribution in [0.2, 0.25) is 0 Å². The summed E-state index contributed by atoms with van der Waals surface area (Å²) in [7, 11) is -6.47. The molecule has 1 heterocycles. The normalized spacial score (nSPS) is 14.5. The summed E-state index contributed by atoms with van der Waals surface area (Å²) >= 11 is 0. The van der Waals surface area contributed by atoms with Gasteiger partial charge < -0.3 is 10.1 Å². The molecule has 0 unspecified atom stereocenters. The zero-order chi connectivity index (χ0) is 29.1. The van der Waals surface area contributed by atoms with Crippen molar-refractivity contribution < 1.29 is 26.4 Å². The molecular weight excluding hydrogens is 550 g/mol. The van der Waals surface area contributed by atoms with Crippen molar-refractivity contribution in [2.24, 2.45) is 0 Å². The highest BCUT2D eigenvalue weighted by Crippen LogP contribution is 2.31. The van der Waals surface area contributed by atoms with Crippen molar-refractivity contribution in [2.75, 3.05) is 36.4 Å². The topological polar surface area (TPSA) is 113 Å². The standard InChI is InChI=1S/C29H35N3O6S2/c1-21-8-10-25(11-9-21)40(36,37)32(24-17-22(2)16-23(3)18-24)20-29(33)30-27-19-26(12-13-28(27)38-4)39(34,35)31-14-6-5-7-15-31/h8-13,16-19H,5-7,14-15,20H2,1-4H3,(H,30,33). The van der Waals surface area contributed by atoms with Gasteiger partial charge in [0.25, 0.3) is 10.0 Å².